The second-order valence-corrected chi connectivity index (χ2v) is 4.38. The molecule has 0 unspecified atom stereocenters. The largest absolute Gasteiger partial charge is 0.366 e. The SMILES string of the molecule is CCN(CC1CC1)C(=O)[C@H]1CNCCO1.Cl. The molecule has 0 radical (unpaired) electrons. The first-order valence-electron chi connectivity index (χ1n) is 5.92. The summed E-state index contributed by atoms with van der Waals surface area (Å²) in [4.78, 5) is 14.0. The van der Waals surface area contributed by atoms with Crippen LogP contribution in [0.4, 0.5) is 0 Å². The maximum absolute atomic E-state index is 12.1. The number of amides is 1. The molecule has 16 heavy (non-hydrogen) atoms. The lowest BCUT2D eigenvalue weighted by atomic mass is 10.2. The monoisotopic (exact) mass is 248 g/mol. The van der Waals surface area contributed by atoms with Crippen LogP contribution in [0, 0.1) is 5.92 Å². The maximum Gasteiger partial charge on any atom is 0.253 e. The third-order valence-electron chi connectivity index (χ3n) is 3.07. The number of morpholine rings is 1. The van der Waals surface area contributed by atoms with Gasteiger partial charge in [-0.05, 0) is 25.7 Å². The van der Waals surface area contributed by atoms with E-state index in [-0.39, 0.29) is 24.4 Å². The zero-order chi connectivity index (χ0) is 10.7. The highest BCUT2D eigenvalue weighted by atomic mass is 35.5. The minimum absolute atomic E-state index is 0. The molecule has 2 aliphatic rings. The van der Waals surface area contributed by atoms with E-state index in [1.165, 1.54) is 12.8 Å². The summed E-state index contributed by atoms with van der Waals surface area (Å²) in [5.41, 5.74) is 0. The Bertz CT molecular complexity index is 228. The lowest BCUT2D eigenvalue weighted by molar-refractivity contribution is -0.145. The molecule has 1 atom stereocenters. The predicted octanol–water partition coefficient (Wildman–Crippen LogP) is 0.655. The van der Waals surface area contributed by atoms with Gasteiger partial charge in [0.2, 0.25) is 0 Å². The van der Waals surface area contributed by atoms with Crippen molar-refractivity contribution in [3.8, 4) is 0 Å². The van der Waals surface area contributed by atoms with Gasteiger partial charge in [-0.3, -0.25) is 4.79 Å². The van der Waals surface area contributed by atoms with Gasteiger partial charge in [0, 0.05) is 26.2 Å². The zero-order valence-corrected chi connectivity index (χ0v) is 10.6. The number of nitrogens with one attached hydrogen (secondary N) is 1. The van der Waals surface area contributed by atoms with Gasteiger partial charge in [0.25, 0.3) is 5.91 Å². The van der Waals surface area contributed by atoms with Gasteiger partial charge in [-0.1, -0.05) is 0 Å². The topological polar surface area (TPSA) is 41.6 Å². The minimum atomic E-state index is -0.252. The molecule has 1 saturated heterocycles. The average molecular weight is 249 g/mol. The second-order valence-electron chi connectivity index (χ2n) is 4.38. The molecule has 94 valence electrons. The number of halogens is 1. The van der Waals surface area contributed by atoms with Gasteiger partial charge in [0.15, 0.2) is 0 Å². The molecule has 4 nitrogen and oxygen atoms in total. The van der Waals surface area contributed by atoms with E-state index in [2.05, 4.69) is 5.32 Å². The minimum Gasteiger partial charge on any atom is -0.366 e. The fourth-order valence-electron chi connectivity index (χ4n) is 1.91. The number of likely N-dealkylation sites (N-methyl/N-ethyl adjacent to an activating group) is 1. The van der Waals surface area contributed by atoms with Crippen molar-refractivity contribution in [2.24, 2.45) is 5.92 Å². The number of nitrogens with zero attached hydrogens (tertiary/aromatic N) is 1. The fraction of sp³-hybridized carbons (Fsp3) is 0.909. The van der Waals surface area contributed by atoms with Crippen LogP contribution in [0.5, 0.6) is 0 Å². The van der Waals surface area contributed by atoms with Crippen molar-refractivity contribution in [2.75, 3.05) is 32.8 Å². The van der Waals surface area contributed by atoms with Crippen LogP contribution in [0.1, 0.15) is 19.8 Å². The van der Waals surface area contributed by atoms with Crippen LogP contribution < -0.4 is 5.32 Å². The van der Waals surface area contributed by atoms with Crippen molar-refractivity contribution in [2.45, 2.75) is 25.9 Å². The lowest BCUT2D eigenvalue weighted by Crippen LogP contribution is -2.49. The molecule has 1 N–H and O–H groups in total. The summed E-state index contributed by atoms with van der Waals surface area (Å²) in [6.45, 7) is 5.94. The van der Waals surface area contributed by atoms with Gasteiger partial charge in [-0.15, -0.1) is 12.4 Å². The number of hydrogen-bond acceptors (Lipinski definition) is 3. The van der Waals surface area contributed by atoms with Crippen LogP contribution in [0.25, 0.3) is 0 Å². The third kappa shape index (κ3) is 3.61. The van der Waals surface area contributed by atoms with E-state index in [0.717, 1.165) is 25.6 Å². The summed E-state index contributed by atoms with van der Waals surface area (Å²) < 4.78 is 5.47. The Balaban J connectivity index is 0.00000128. The van der Waals surface area contributed by atoms with Crippen LogP contribution in [0.3, 0.4) is 0 Å². The fourth-order valence-corrected chi connectivity index (χ4v) is 1.91. The van der Waals surface area contributed by atoms with Crippen molar-refractivity contribution in [1.82, 2.24) is 10.2 Å². The summed E-state index contributed by atoms with van der Waals surface area (Å²) in [5, 5.41) is 3.19. The molecule has 0 spiro atoms. The molecule has 5 heteroatoms. The van der Waals surface area contributed by atoms with Crippen molar-refractivity contribution in [1.29, 1.82) is 0 Å². The van der Waals surface area contributed by atoms with Crippen LogP contribution in [0.2, 0.25) is 0 Å². The predicted molar refractivity (Wildman–Crippen MR) is 64.8 cm³/mol. The smallest absolute Gasteiger partial charge is 0.253 e. The van der Waals surface area contributed by atoms with Crippen LogP contribution in [0.15, 0.2) is 0 Å². The number of hydrogen-bond donors (Lipinski definition) is 1. The van der Waals surface area contributed by atoms with Crippen LogP contribution >= 0.6 is 12.4 Å². The first kappa shape index (κ1) is 13.7. The summed E-state index contributed by atoms with van der Waals surface area (Å²) in [6, 6.07) is 0. The molecule has 1 saturated carbocycles. The molecule has 2 rings (SSSR count). The molecule has 2 fully saturated rings. The summed E-state index contributed by atoms with van der Waals surface area (Å²) in [5.74, 6) is 0.919. The van der Waals surface area contributed by atoms with Gasteiger partial charge < -0.3 is 15.0 Å². The second kappa shape index (κ2) is 6.42. The van der Waals surface area contributed by atoms with E-state index in [9.17, 15) is 4.79 Å². The van der Waals surface area contributed by atoms with E-state index in [1.54, 1.807) is 0 Å². The molecule has 1 aliphatic heterocycles. The van der Waals surface area contributed by atoms with E-state index >= 15 is 0 Å². The Hall–Kier alpha value is -0.320. The normalized spacial score (nSPS) is 24.7. The quantitative estimate of drug-likeness (QED) is 0.795. The van der Waals surface area contributed by atoms with Crippen molar-refractivity contribution in [3.05, 3.63) is 0 Å². The standard InChI is InChI=1S/C11H20N2O2.ClH/c1-2-13(8-9-3-4-9)11(14)10-7-12-5-6-15-10;/h9-10,12H,2-8H2,1H3;1H/t10-;/m1./s1. The summed E-state index contributed by atoms with van der Waals surface area (Å²) in [7, 11) is 0. The van der Waals surface area contributed by atoms with E-state index in [0.29, 0.717) is 13.2 Å². The maximum atomic E-state index is 12.1. The Morgan fingerprint density at radius 3 is 2.75 bits per heavy atom. The summed E-state index contributed by atoms with van der Waals surface area (Å²) in [6.07, 6.45) is 2.32. The molecular formula is C11H21ClN2O2. The highest BCUT2D eigenvalue weighted by Crippen LogP contribution is 2.29. The van der Waals surface area contributed by atoms with Gasteiger partial charge in [-0.25, -0.2) is 0 Å². The molecule has 1 heterocycles. The van der Waals surface area contributed by atoms with Gasteiger partial charge in [0.05, 0.1) is 6.61 Å². The Kier molecular flexibility index (Phi) is 5.52. The summed E-state index contributed by atoms with van der Waals surface area (Å²) >= 11 is 0. The number of ether oxygens (including phenoxy) is 1. The average Bonchev–Trinajstić information content (AvgIpc) is 3.10. The highest BCUT2D eigenvalue weighted by molar-refractivity contribution is 5.85. The molecule has 1 aliphatic carbocycles. The molecule has 0 aromatic carbocycles. The number of carbonyl (C=O) groups excluding carboxylic acids is 1. The molecule has 1 amide bonds. The zero-order valence-electron chi connectivity index (χ0n) is 9.78. The van der Waals surface area contributed by atoms with E-state index in [4.69, 9.17) is 4.74 Å². The van der Waals surface area contributed by atoms with Gasteiger partial charge in [-0.2, -0.15) is 0 Å². The van der Waals surface area contributed by atoms with Crippen LogP contribution in [-0.2, 0) is 9.53 Å². The van der Waals surface area contributed by atoms with E-state index in [1.807, 2.05) is 11.8 Å². The number of rotatable bonds is 4. The molecule has 0 aromatic rings. The highest BCUT2D eigenvalue weighted by Gasteiger charge is 2.30. The Morgan fingerprint density at radius 2 is 2.25 bits per heavy atom. The van der Waals surface area contributed by atoms with Crippen molar-refractivity contribution < 1.29 is 9.53 Å². The lowest BCUT2D eigenvalue weighted by Gasteiger charge is -2.29. The first-order chi connectivity index (χ1) is 7.31. The van der Waals surface area contributed by atoms with E-state index < -0.39 is 0 Å². The third-order valence-corrected chi connectivity index (χ3v) is 3.07. The molecule has 0 aromatic heterocycles. The van der Waals surface area contributed by atoms with Crippen molar-refractivity contribution >= 4 is 18.3 Å². The van der Waals surface area contributed by atoms with Gasteiger partial charge in [0.1, 0.15) is 6.10 Å². The Labute approximate surface area is 103 Å². The molecular weight excluding hydrogens is 228 g/mol. The van der Waals surface area contributed by atoms with Crippen molar-refractivity contribution in [3.63, 3.8) is 0 Å². The molecule has 0 bridgehead atoms. The number of carbonyl (C=O) groups is 1. The van der Waals surface area contributed by atoms with Gasteiger partial charge >= 0.3 is 0 Å². The Morgan fingerprint density at radius 1 is 1.50 bits per heavy atom. The first-order valence-corrected chi connectivity index (χ1v) is 5.92. The van der Waals surface area contributed by atoms with Crippen LogP contribution in [-0.4, -0.2) is 49.7 Å².